The van der Waals surface area contributed by atoms with E-state index in [2.05, 4.69) is 52.8 Å². The maximum Gasteiger partial charge on any atom is 0.191 e. The summed E-state index contributed by atoms with van der Waals surface area (Å²) in [6.07, 6.45) is 2.25. The van der Waals surface area contributed by atoms with E-state index < -0.39 is 0 Å². The fourth-order valence-corrected chi connectivity index (χ4v) is 4.16. The van der Waals surface area contributed by atoms with Gasteiger partial charge in [0, 0.05) is 44.4 Å². The first-order chi connectivity index (χ1) is 14.7. The summed E-state index contributed by atoms with van der Waals surface area (Å²) >= 11 is 0. The predicted octanol–water partition coefficient (Wildman–Crippen LogP) is 3.70. The maximum absolute atomic E-state index is 6.03. The normalized spacial score (nSPS) is 19.9. The van der Waals surface area contributed by atoms with Crippen LogP contribution in [-0.4, -0.2) is 51.9 Å². The molecule has 2 heterocycles. The monoisotopic (exact) mass is 536 g/mol. The van der Waals surface area contributed by atoms with E-state index in [1.54, 1.807) is 7.11 Å². The Labute approximate surface area is 202 Å². The third-order valence-corrected chi connectivity index (χ3v) is 5.77. The topological polar surface area (TPSA) is 58.1 Å². The van der Waals surface area contributed by atoms with Crippen LogP contribution in [0.3, 0.4) is 0 Å². The molecule has 168 valence electrons. The second-order valence-corrected chi connectivity index (χ2v) is 7.95. The number of benzene rings is 2. The van der Waals surface area contributed by atoms with Crippen LogP contribution < -0.4 is 25.0 Å². The fraction of sp³-hybridized carbons (Fsp3) is 0.458. The van der Waals surface area contributed by atoms with Gasteiger partial charge in [-0.1, -0.05) is 24.3 Å². The van der Waals surface area contributed by atoms with Crippen molar-refractivity contribution in [2.45, 2.75) is 25.9 Å². The van der Waals surface area contributed by atoms with Crippen molar-refractivity contribution in [1.29, 1.82) is 0 Å². The summed E-state index contributed by atoms with van der Waals surface area (Å²) in [5, 5.41) is 6.83. The number of anilines is 1. The molecule has 0 spiro atoms. The lowest BCUT2D eigenvalue weighted by Gasteiger charge is -2.19. The minimum absolute atomic E-state index is 0. The number of guanidine groups is 1. The third-order valence-electron chi connectivity index (χ3n) is 5.77. The number of hydrogen-bond donors (Lipinski definition) is 2. The quantitative estimate of drug-likeness (QED) is 0.321. The van der Waals surface area contributed by atoms with Crippen molar-refractivity contribution >= 4 is 35.6 Å². The number of nitrogens with zero attached hydrogens (tertiary/aromatic N) is 2. The number of para-hydroxylation sites is 1. The summed E-state index contributed by atoms with van der Waals surface area (Å²) in [7, 11) is 1.71. The van der Waals surface area contributed by atoms with Crippen molar-refractivity contribution < 1.29 is 9.47 Å². The molecule has 2 unspecified atom stereocenters. The van der Waals surface area contributed by atoms with Gasteiger partial charge >= 0.3 is 0 Å². The smallest absolute Gasteiger partial charge is 0.191 e. The Bertz CT molecular complexity index is 851. The molecule has 4 rings (SSSR count). The highest BCUT2D eigenvalue weighted by molar-refractivity contribution is 14.0. The van der Waals surface area contributed by atoms with Gasteiger partial charge in [0.2, 0.25) is 0 Å². The SMILES string of the molecule is CCNC(=NCC1CCN(c2cccc(OC)c2)C1)NCC1Cc2ccccc2O1.I. The molecule has 2 atom stereocenters. The number of methoxy groups -OCH3 is 1. The molecule has 6 nitrogen and oxygen atoms in total. The number of hydrogen-bond acceptors (Lipinski definition) is 4. The molecule has 0 aromatic heterocycles. The van der Waals surface area contributed by atoms with Crippen LogP contribution in [0.15, 0.2) is 53.5 Å². The van der Waals surface area contributed by atoms with Crippen LogP contribution >= 0.6 is 24.0 Å². The first-order valence-corrected chi connectivity index (χ1v) is 10.9. The summed E-state index contributed by atoms with van der Waals surface area (Å²) in [5.74, 6) is 3.34. The van der Waals surface area contributed by atoms with Gasteiger partial charge in [0.05, 0.1) is 13.7 Å². The predicted molar refractivity (Wildman–Crippen MR) is 137 cm³/mol. The Morgan fingerprint density at radius 3 is 2.87 bits per heavy atom. The maximum atomic E-state index is 6.03. The van der Waals surface area contributed by atoms with Crippen LogP contribution in [0.2, 0.25) is 0 Å². The molecule has 1 saturated heterocycles. The molecule has 0 aliphatic carbocycles. The molecule has 2 aromatic rings. The third kappa shape index (κ3) is 6.18. The van der Waals surface area contributed by atoms with Gasteiger partial charge in [0.25, 0.3) is 0 Å². The highest BCUT2D eigenvalue weighted by Gasteiger charge is 2.24. The van der Waals surface area contributed by atoms with Crippen LogP contribution in [-0.2, 0) is 6.42 Å². The molecule has 2 aromatic carbocycles. The van der Waals surface area contributed by atoms with Crippen LogP contribution in [0, 0.1) is 5.92 Å². The van der Waals surface area contributed by atoms with Gasteiger partial charge < -0.3 is 25.0 Å². The van der Waals surface area contributed by atoms with E-state index in [0.717, 1.165) is 63.0 Å². The second kappa shape index (κ2) is 11.5. The van der Waals surface area contributed by atoms with Crippen molar-refractivity contribution in [2.24, 2.45) is 10.9 Å². The molecular weight excluding hydrogens is 503 g/mol. The average molecular weight is 536 g/mol. The number of rotatable bonds is 7. The lowest BCUT2D eigenvalue weighted by molar-refractivity contribution is 0.235. The summed E-state index contributed by atoms with van der Waals surface area (Å²) < 4.78 is 11.4. The van der Waals surface area contributed by atoms with E-state index in [4.69, 9.17) is 14.5 Å². The Hall–Kier alpha value is -2.16. The van der Waals surface area contributed by atoms with Crippen LogP contribution in [0.1, 0.15) is 18.9 Å². The molecular formula is C24H33IN4O2. The zero-order valence-electron chi connectivity index (χ0n) is 18.3. The minimum atomic E-state index is 0. The Morgan fingerprint density at radius 1 is 1.19 bits per heavy atom. The fourth-order valence-electron chi connectivity index (χ4n) is 4.16. The van der Waals surface area contributed by atoms with Crippen molar-refractivity contribution in [1.82, 2.24) is 10.6 Å². The number of nitrogens with one attached hydrogen (secondary N) is 2. The van der Waals surface area contributed by atoms with Gasteiger partial charge in [-0.05, 0) is 43.0 Å². The van der Waals surface area contributed by atoms with E-state index in [9.17, 15) is 0 Å². The standard InChI is InChI=1S/C24H32N4O2.HI/c1-3-25-24(27-16-22-13-19-7-4-5-10-23(19)30-22)26-15-18-11-12-28(17-18)20-8-6-9-21(14-20)29-2;/h4-10,14,18,22H,3,11-13,15-17H2,1-2H3,(H2,25,26,27);1H. The van der Waals surface area contributed by atoms with Crippen LogP contribution in [0.4, 0.5) is 5.69 Å². The lowest BCUT2D eigenvalue weighted by Crippen LogP contribution is -2.42. The van der Waals surface area contributed by atoms with E-state index >= 15 is 0 Å². The van der Waals surface area contributed by atoms with E-state index in [-0.39, 0.29) is 30.1 Å². The van der Waals surface area contributed by atoms with Gasteiger partial charge in [-0.15, -0.1) is 24.0 Å². The zero-order chi connectivity index (χ0) is 20.8. The number of fused-ring (bicyclic) bond motifs is 1. The summed E-state index contributed by atoms with van der Waals surface area (Å²) in [5.41, 5.74) is 2.51. The molecule has 2 N–H and O–H groups in total. The second-order valence-electron chi connectivity index (χ2n) is 7.95. The molecule has 31 heavy (non-hydrogen) atoms. The van der Waals surface area contributed by atoms with Crippen LogP contribution in [0.5, 0.6) is 11.5 Å². The number of ether oxygens (including phenoxy) is 2. The van der Waals surface area contributed by atoms with Crippen molar-refractivity contribution in [2.75, 3.05) is 44.7 Å². The van der Waals surface area contributed by atoms with Gasteiger partial charge in [-0.3, -0.25) is 4.99 Å². The molecule has 1 fully saturated rings. The van der Waals surface area contributed by atoms with Crippen molar-refractivity contribution in [3.05, 3.63) is 54.1 Å². The van der Waals surface area contributed by atoms with Gasteiger partial charge in [0.1, 0.15) is 17.6 Å². The first-order valence-electron chi connectivity index (χ1n) is 10.9. The molecule has 0 saturated carbocycles. The Morgan fingerprint density at radius 2 is 2.06 bits per heavy atom. The molecule has 0 amide bonds. The molecule has 7 heteroatoms. The Kier molecular flexibility index (Phi) is 8.69. The highest BCUT2D eigenvalue weighted by atomic mass is 127. The van der Waals surface area contributed by atoms with Gasteiger partial charge in [-0.25, -0.2) is 0 Å². The number of halogens is 1. The average Bonchev–Trinajstić information content (AvgIpc) is 3.42. The molecule has 0 bridgehead atoms. The minimum Gasteiger partial charge on any atom is -0.497 e. The Balaban J connectivity index is 0.00000272. The lowest BCUT2D eigenvalue weighted by atomic mass is 10.1. The van der Waals surface area contributed by atoms with E-state index in [0.29, 0.717) is 5.92 Å². The molecule has 2 aliphatic rings. The highest BCUT2D eigenvalue weighted by Crippen LogP contribution is 2.28. The molecule has 2 aliphatic heterocycles. The number of aliphatic imine (C=N–C) groups is 1. The molecule has 0 radical (unpaired) electrons. The van der Waals surface area contributed by atoms with E-state index in [1.165, 1.54) is 11.3 Å². The van der Waals surface area contributed by atoms with Gasteiger partial charge in [0.15, 0.2) is 5.96 Å². The largest absolute Gasteiger partial charge is 0.497 e. The van der Waals surface area contributed by atoms with Crippen molar-refractivity contribution in [3.8, 4) is 11.5 Å². The summed E-state index contributed by atoms with van der Waals surface area (Å²) in [6, 6.07) is 16.6. The van der Waals surface area contributed by atoms with Gasteiger partial charge in [-0.2, -0.15) is 0 Å². The summed E-state index contributed by atoms with van der Waals surface area (Å²) in [6.45, 7) is 6.60. The first kappa shape index (κ1) is 23.5. The van der Waals surface area contributed by atoms with Crippen molar-refractivity contribution in [3.63, 3.8) is 0 Å². The van der Waals surface area contributed by atoms with E-state index in [1.807, 2.05) is 18.2 Å². The summed E-state index contributed by atoms with van der Waals surface area (Å²) in [4.78, 5) is 7.28. The van der Waals surface area contributed by atoms with Crippen LogP contribution in [0.25, 0.3) is 0 Å². The zero-order valence-corrected chi connectivity index (χ0v) is 20.7.